The molecule has 0 fully saturated rings. The maximum atomic E-state index is 5.38. The smallest absolute Gasteiger partial charge is 0.218 e. The standard InChI is InChI=1S/C11H19N3O2/c1-3-4-5-12-10-8-11(14-9-13-10)16-7-6-15-2/h8-9H,3-7H2,1-2H3,(H,12,13,14). The predicted molar refractivity (Wildman–Crippen MR) is 62.8 cm³/mol. The molecule has 0 bridgehead atoms. The molecule has 0 saturated heterocycles. The van der Waals surface area contributed by atoms with Gasteiger partial charge >= 0.3 is 0 Å². The fourth-order valence-electron chi connectivity index (χ4n) is 1.14. The molecule has 0 amide bonds. The maximum Gasteiger partial charge on any atom is 0.218 e. The van der Waals surface area contributed by atoms with E-state index in [0.29, 0.717) is 19.1 Å². The van der Waals surface area contributed by atoms with Gasteiger partial charge in [0.15, 0.2) is 0 Å². The molecule has 1 aromatic rings. The van der Waals surface area contributed by atoms with Gasteiger partial charge in [0.1, 0.15) is 18.8 Å². The van der Waals surface area contributed by atoms with E-state index in [4.69, 9.17) is 9.47 Å². The van der Waals surface area contributed by atoms with Crippen LogP contribution in [-0.4, -0.2) is 36.8 Å². The van der Waals surface area contributed by atoms with E-state index in [9.17, 15) is 0 Å². The van der Waals surface area contributed by atoms with Gasteiger partial charge in [0.25, 0.3) is 0 Å². The van der Waals surface area contributed by atoms with Crippen LogP contribution in [0.25, 0.3) is 0 Å². The Morgan fingerprint density at radius 1 is 1.31 bits per heavy atom. The molecule has 5 heteroatoms. The molecule has 0 spiro atoms. The summed E-state index contributed by atoms with van der Waals surface area (Å²) in [5, 5.41) is 3.21. The van der Waals surface area contributed by atoms with Gasteiger partial charge < -0.3 is 14.8 Å². The molecule has 90 valence electrons. The third kappa shape index (κ3) is 4.93. The number of methoxy groups -OCH3 is 1. The third-order valence-corrected chi connectivity index (χ3v) is 2.02. The summed E-state index contributed by atoms with van der Waals surface area (Å²) in [7, 11) is 1.64. The quantitative estimate of drug-likeness (QED) is 0.683. The fraction of sp³-hybridized carbons (Fsp3) is 0.636. The summed E-state index contributed by atoms with van der Waals surface area (Å²) in [5.41, 5.74) is 0. The summed E-state index contributed by atoms with van der Waals surface area (Å²) in [4.78, 5) is 8.12. The van der Waals surface area contributed by atoms with Crippen LogP contribution >= 0.6 is 0 Å². The number of hydrogen-bond acceptors (Lipinski definition) is 5. The van der Waals surface area contributed by atoms with Gasteiger partial charge in [-0.25, -0.2) is 9.97 Å². The molecule has 1 rings (SSSR count). The van der Waals surface area contributed by atoms with E-state index in [1.807, 2.05) is 0 Å². The molecular weight excluding hydrogens is 206 g/mol. The van der Waals surface area contributed by atoms with E-state index in [1.54, 1.807) is 13.2 Å². The first kappa shape index (κ1) is 12.7. The van der Waals surface area contributed by atoms with E-state index in [2.05, 4.69) is 22.2 Å². The zero-order chi connectivity index (χ0) is 11.6. The molecule has 5 nitrogen and oxygen atoms in total. The first-order valence-corrected chi connectivity index (χ1v) is 5.54. The first-order chi connectivity index (χ1) is 7.86. The minimum atomic E-state index is 0.502. The number of hydrogen-bond donors (Lipinski definition) is 1. The topological polar surface area (TPSA) is 56.3 Å². The molecule has 0 aliphatic heterocycles. The minimum Gasteiger partial charge on any atom is -0.475 e. The van der Waals surface area contributed by atoms with Crippen molar-refractivity contribution in [2.45, 2.75) is 19.8 Å². The number of unbranched alkanes of at least 4 members (excludes halogenated alkanes) is 1. The molecule has 16 heavy (non-hydrogen) atoms. The highest BCUT2D eigenvalue weighted by Gasteiger charge is 1.98. The lowest BCUT2D eigenvalue weighted by Gasteiger charge is -2.07. The average molecular weight is 225 g/mol. The van der Waals surface area contributed by atoms with Gasteiger partial charge in [0, 0.05) is 19.7 Å². The third-order valence-electron chi connectivity index (χ3n) is 2.02. The summed E-state index contributed by atoms with van der Waals surface area (Å²) >= 11 is 0. The van der Waals surface area contributed by atoms with Crippen molar-refractivity contribution in [2.24, 2.45) is 0 Å². The van der Waals surface area contributed by atoms with E-state index < -0.39 is 0 Å². The van der Waals surface area contributed by atoms with Crippen molar-refractivity contribution in [1.29, 1.82) is 0 Å². The first-order valence-electron chi connectivity index (χ1n) is 5.54. The van der Waals surface area contributed by atoms with Crippen molar-refractivity contribution >= 4 is 5.82 Å². The van der Waals surface area contributed by atoms with Crippen molar-refractivity contribution in [1.82, 2.24) is 9.97 Å². The molecular formula is C11H19N3O2. The Balaban J connectivity index is 2.37. The van der Waals surface area contributed by atoms with E-state index in [1.165, 1.54) is 6.33 Å². The van der Waals surface area contributed by atoms with Crippen LogP contribution in [0.5, 0.6) is 5.88 Å². The zero-order valence-electron chi connectivity index (χ0n) is 9.90. The van der Waals surface area contributed by atoms with Crippen LogP contribution in [0, 0.1) is 0 Å². The molecule has 0 aromatic carbocycles. The van der Waals surface area contributed by atoms with Gasteiger partial charge in [-0.3, -0.25) is 0 Å². The monoisotopic (exact) mass is 225 g/mol. The van der Waals surface area contributed by atoms with Crippen LogP contribution in [0.3, 0.4) is 0 Å². The minimum absolute atomic E-state index is 0.502. The molecule has 1 heterocycles. The number of nitrogens with zero attached hydrogens (tertiary/aromatic N) is 2. The summed E-state index contributed by atoms with van der Waals surface area (Å²) in [5.74, 6) is 1.38. The second kappa shape index (κ2) is 7.87. The Bertz CT molecular complexity index is 269. The van der Waals surface area contributed by atoms with Crippen molar-refractivity contribution in [2.75, 3.05) is 32.2 Å². The Morgan fingerprint density at radius 3 is 2.94 bits per heavy atom. The second-order valence-electron chi connectivity index (χ2n) is 3.36. The van der Waals surface area contributed by atoms with E-state index >= 15 is 0 Å². The molecule has 1 aromatic heterocycles. The normalized spacial score (nSPS) is 10.1. The number of anilines is 1. The number of ether oxygens (including phenoxy) is 2. The van der Waals surface area contributed by atoms with Crippen LogP contribution < -0.4 is 10.1 Å². The van der Waals surface area contributed by atoms with Gasteiger partial charge in [-0.15, -0.1) is 0 Å². The zero-order valence-corrected chi connectivity index (χ0v) is 9.90. The largest absolute Gasteiger partial charge is 0.475 e. The molecule has 1 N–H and O–H groups in total. The van der Waals surface area contributed by atoms with Crippen molar-refractivity contribution in [3.05, 3.63) is 12.4 Å². The van der Waals surface area contributed by atoms with Gasteiger partial charge in [-0.1, -0.05) is 13.3 Å². The van der Waals surface area contributed by atoms with Gasteiger partial charge in [0.2, 0.25) is 5.88 Å². The van der Waals surface area contributed by atoms with Crippen molar-refractivity contribution in [3.63, 3.8) is 0 Å². The SMILES string of the molecule is CCCCNc1cc(OCCOC)ncn1. The lowest BCUT2D eigenvalue weighted by molar-refractivity contribution is 0.143. The Morgan fingerprint density at radius 2 is 2.19 bits per heavy atom. The summed E-state index contributed by atoms with van der Waals surface area (Å²) < 4.78 is 10.3. The van der Waals surface area contributed by atoms with Crippen LogP contribution in [0.2, 0.25) is 0 Å². The predicted octanol–water partition coefficient (Wildman–Crippen LogP) is 1.71. The molecule has 0 atom stereocenters. The molecule has 0 radical (unpaired) electrons. The maximum absolute atomic E-state index is 5.38. The molecule has 0 aliphatic rings. The van der Waals surface area contributed by atoms with Crippen LogP contribution in [-0.2, 0) is 4.74 Å². The summed E-state index contributed by atoms with van der Waals surface area (Å²) in [6.45, 7) is 4.14. The number of rotatable bonds is 8. The second-order valence-corrected chi connectivity index (χ2v) is 3.36. The van der Waals surface area contributed by atoms with Gasteiger partial charge in [-0.2, -0.15) is 0 Å². The summed E-state index contributed by atoms with van der Waals surface area (Å²) in [6, 6.07) is 1.80. The van der Waals surface area contributed by atoms with Gasteiger partial charge in [-0.05, 0) is 6.42 Å². The number of aromatic nitrogens is 2. The highest BCUT2D eigenvalue weighted by molar-refractivity contribution is 5.36. The lowest BCUT2D eigenvalue weighted by Crippen LogP contribution is -2.07. The summed E-state index contributed by atoms with van der Waals surface area (Å²) in [6.07, 6.45) is 3.79. The van der Waals surface area contributed by atoms with Crippen molar-refractivity contribution in [3.8, 4) is 5.88 Å². The Kier molecular flexibility index (Phi) is 6.25. The van der Waals surface area contributed by atoms with E-state index in [-0.39, 0.29) is 0 Å². The highest BCUT2D eigenvalue weighted by atomic mass is 16.5. The van der Waals surface area contributed by atoms with Crippen LogP contribution in [0.1, 0.15) is 19.8 Å². The number of nitrogens with one attached hydrogen (secondary N) is 1. The highest BCUT2D eigenvalue weighted by Crippen LogP contribution is 2.10. The molecule has 0 saturated carbocycles. The lowest BCUT2D eigenvalue weighted by atomic mass is 10.3. The molecule has 0 unspecified atom stereocenters. The Hall–Kier alpha value is -1.36. The van der Waals surface area contributed by atoms with Gasteiger partial charge in [0.05, 0.1) is 6.61 Å². The molecule has 0 aliphatic carbocycles. The van der Waals surface area contributed by atoms with E-state index in [0.717, 1.165) is 25.2 Å². The average Bonchev–Trinajstić information content (AvgIpc) is 2.30. The van der Waals surface area contributed by atoms with Crippen LogP contribution in [0.4, 0.5) is 5.82 Å². The fourth-order valence-corrected chi connectivity index (χ4v) is 1.14. The van der Waals surface area contributed by atoms with Crippen LogP contribution in [0.15, 0.2) is 12.4 Å². The van der Waals surface area contributed by atoms with Crippen molar-refractivity contribution < 1.29 is 9.47 Å². The Labute approximate surface area is 96.2 Å².